The normalized spacial score (nSPS) is 11.2. The number of nitrogens with one attached hydrogen (secondary N) is 1. The van der Waals surface area contributed by atoms with Crippen LogP contribution >= 0.6 is 0 Å². The molecule has 1 aromatic heterocycles. The van der Waals surface area contributed by atoms with Crippen LogP contribution in [0, 0.1) is 0 Å². The fourth-order valence-electron chi connectivity index (χ4n) is 2.21. The van der Waals surface area contributed by atoms with Gasteiger partial charge in [0, 0.05) is 6.04 Å². The Morgan fingerprint density at radius 1 is 1.18 bits per heavy atom. The zero-order valence-corrected chi connectivity index (χ0v) is 14.3. The van der Waals surface area contributed by atoms with Crippen LogP contribution in [0.2, 0.25) is 0 Å². The van der Waals surface area contributed by atoms with E-state index in [-0.39, 0.29) is 12.1 Å². The van der Waals surface area contributed by atoms with Gasteiger partial charge < -0.3 is 20.5 Å². The molecule has 0 atom stereocenters. The molecule has 1 heterocycles. The van der Waals surface area contributed by atoms with Gasteiger partial charge in [0.15, 0.2) is 11.6 Å². The first-order valence-corrected chi connectivity index (χ1v) is 8.20. The van der Waals surface area contributed by atoms with Crippen molar-refractivity contribution in [3.8, 4) is 5.75 Å². The molecule has 0 radical (unpaired) electrons. The van der Waals surface area contributed by atoms with Crippen LogP contribution in [0.1, 0.15) is 53.4 Å². The number of hydrogen-bond acceptors (Lipinski definition) is 6. The predicted octanol–water partition coefficient (Wildman–Crippen LogP) is 3.24. The predicted molar refractivity (Wildman–Crippen MR) is 90.3 cm³/mol. The number of aromatic nitrogens is 2. The Kier molecular flexibility index (Phi) is 8.58. The topological polar surface area (TPSA) is 82.3 Å². The third-order valence-electron chi connectivity index (χ3n) is 3.18. The van der Waals surface area contributed by atoms with Crippen LogP contribution in [-0.4, -0.2) is 35.3 Å². The molecule has 126 valence electrons. The monoisotopic (exact) mass is 310 g/mol. The van der Waals surface area contributed by atoms with Gasteiger partial charge in [0.05, 0.1) is 18.9 Å². The highest BCUT2D eigenvalue weighted by Gasteiger charge is 2.13. The Bertz CT molecular complexity index is 421. The molecule has 0 saturated carbocycles. The Hall–Kier alpha value is -1.56. The van der Waals surface area contributed by atoms with Crippen molar-refractivity contribution in [2.24, 2.45) is 0 Å². The van der Waals surface area contributed by atoms with Crippen molar-refractivity contribution in [1.82, 2.24) is 9.97 Å². The molecule has 6 heteroatoms. The van der Waals surface area contributed by atoms with E-state index in [0.29, 0.717) is 30.8 Å². The third-order valence-corrected chi connectivity index (χ3v) is 3.18. The number of anilines is 2. The summed E-state index contributed by atoms with van der Waals surface area (Å²) in [5, 5.41) is 3.44. The summed E-state index contributed by atoms with van der Waals surface area (Å²) >= 11 is 0. The van der Waals surface area contributed by atoms with Crippen molar-refractivity contribution in [3.63, 3.8) is 0 Å². The van der Waals surface area contributed by atoms with Crippen LogP contribution in [0.3, 0.4) is 0 Å². The summed E-state index contributed by atoms with van der Waals surface area (Å²) < 4.78 is 11.2. The first kappa shape index (κ1) is 18.5. The molecule has 3 N–H and O–H groups in total. The number of nitrogen functional groups attached to an aromatic ring is 1. The van der Waals surface area contributed by atoms with Crippen molar-refractivity contribution >= 4 is 11.8 Å². The molecule has 0 amide bonds. The van der Waals surface area contributed by atoms with E-state index in [2.05, 4.69) is 29.1 Å². The third kappa shape index (κ3) is 6.93. The minimum absolute atomic E-state index is 0.197. The molecule has 0 bridgehead atoms. The lowest BCUT2D eigenvalue weighted by atomic mass is 10.1. The molecule has 0 aliphatic heterocycles. The smallest absolute Gasteiger partial charge is 0.222 e. The summed E-state index contributed by atoms with van der Waals surface area (Å²) in [7, 11) is 0. The summed E-state index contributed by atoms with van der Waals surface area (Å²) in [6.45, 7) is 9.36. The second-order valence-corrected chi connectivity index (χ2v) is 5.63. The fourth-order valence-corrected chi connectivity index (χ4v) is 2.21. The summed E-state index contributed by atoms with van der Waals surface area (Å²) in [6.07, 6.45) is 6.24. The molecule has 0 fully saturated rings. The Balaban J connectivity index is 2.68. The first-order chi connectivity index (χ1) is 10.6. The molecular weight excluding hydrogens is 280 g/mol. The number of nitrogens with two attached hydrogens (primary N) is 1. The molecule has 22 heavy (non-hydrogen) atoms. The average Bonchev–Trinajstić information content (AvgIpc) is 2.45. The zero-order valence-electron chi connectivity index (χ0n) is 14.3. The van der Waals surface area contributed by atoms with Crippen LogP contribution < -0.4 is 15.8 Å². The molecule has 0 aromatic carbocycles. The van der Waals surface area contributed by atoms with Gasteiger partial charge in [-0.3, -0.25) is 0 Å². The van der Waals surface area contributed by atoms with E-state index in [0.717, 1.165) is 25.7 Å². The Labute approximate surface area is 133 Å². The van der Waals surface area contributed by atoms with E-state index >= 15 is 0 Å². The van der Waals surface area contributed by atoms with Gasteiger partial charge in [-0.05, 0) is 26.7 Å². The average molecular weight is 310 g/mol. The van der Waals surface area contributed by atoms with Crippen molar-refractivity contribution in [2.75, 3.05) is 24.3 Å². The molecule has 0 unspecified atom stereocenters. The van der Waals surface area contributed by atoms with Gasteiger partial charge in [0.2, 0.25) is 5.95 Å². The number of ether oxygens (including phenoxy) is 2. The lowest BCUT2D eigenvalue weighted by Crippen LogP contribution is -2.21. The lowest BCUT2D eigenvalue weighted by molar-refractivity contribution is 0.0553. The molecule has 6 nitrogen and oxygen atoms in total. The molecule has 1 aromatic rings. The minimum Gasteiger partial charge on any atom is -0.486 e. The summed E-state index contributed by atoms with van der Waals surface area (Å²) in [6, 6.07) is 0.374. The van der Waals surface area contributed by atoms with E-state index in [1.807, 2.05) is 13.8 Å². The molecule has 0 saturated heterocycles. The fraction of sp³-hybridized carbons (Fsp3) is 0.750. The van der Waals surface area contributed by atoms with Crippen LogP contribution in [0.5, 0.6) is 5.75 Å². The van der Waals surface area contributed by atoms with Crippen molar-refractivity contribution < 1.29 is 9.47 Å². The van der Waals surface area contributed by atoms with Gasteiger partial charge in [-0.25, -0.2) is 4.98 Å². The van der Waals surface area contributed by atoms with Gasteiger partial charge >= 0.3 is 0 Å². The van der Waals surface area contributed by atoms with E-state index < -0.39 is 0 Å². The van der Waals surface area contributed by atoms with Crippen molar-refractivity contribution in [2.45, 2.75) is 65.5 Å². The van der Waals surface area contributed by atoms with E-state index in [1.54, 1.807) is 6.20 Å². The maximum atomic E-state index is 5.73. The van der Waals surface area contributed by atoms with Crippen LogP contribution in [-0.2, 0) is 4.74 Å². The highest BCUT2D eigenvalue weighted by Crippen LogP contribution is 2.24. The van der Waals surface area contributed by atoms with Gasteiger partial charge in [0.25, 0.3) is 0 Å². The standard InChI is InChI=1S/C16H30N4O2/c1-5-7-13(8-6-2)19-15-14(11-18-16(17)20-15)22-10-9-21-12(3)4/h11-13H,5-10H2,1-4H3,(H3,17,18,19,20). The quantitative estimate of drug-likeness (QED) is 0.611. The highest BCUT2D eigenvalue weighted by molar-refractivity contribution is 5.51. The van der Waals surface area contributed by atoms with E-state index in [4.69, 9.17) is 15.2 Å². The Morgan fingerprint density at radius 2 is 1.86 bits per heavy atom. The highest BCUT2D eigenvalue weighted by atomic mass is 16.5. The van der Waals surface area contributed by atoms with E-state index in [9.17, 15) is 0 Å². The van der Waals surface area contributed by atoms with Crippen LogP contribution in [0.4, 0.5) is 11.8 Å². The molecule has 1 rings (SSSR count). The molecular formula is C16H30N4O2. The van der Waals surface area contributed by atoms with Crippen LogP contribution in [0.15, 0.2) is 6.20 Å². The summed E-state index contributed by atoms with van der Waals surface area (Å²) in [5.41, 5.74) is 5.70. The summed E-state index contributed by atoms with van der Waals surface area (Å²) in [5.74, 6) is 1.54. The van der Waals surface area contributed by atoms with Crippen molar-refractivity contribution in [1.29, 1.82) is 0 Å². The second kappa shape index (κ2) is 10.2. The minimum atomic E-state index is 0.197. The van der Waals surface area contributed by atoms with Gasteiger partial charge in [0.1, 0.15) is 6.61 Å². The molecule has 0 aliphatic rings. The maximum absolute atomic E-state index is 5.73. The SMILES string of the molecule is CCCC(CCC)Nc1nc(N)ncc1OCCOC(C)C. The maximum Gasteiger partial charge on any atom is 0.222 e. The first-order valence-electron chi connectivity index (χ1n) is 8.20. The second-order valence-electron chi connectivity index (χ2n) is 5.63. The number of hydrogen-bond donors (Lipinski definition) is 2. The number of nitrogens with zero attached hydrogens (tertiary/aromatic N) is 2. The summed E-state index contributed by atoms with van der Waals surface area (Å²) in [4.78, 5) is 8.29. The number of rotatable bonds is 11. The largest absolute Gasteiger partial charge is 0.486 e. The van der Waals surface area contributed by atoms with Crippen LogP contribution in [0.25, 0.3) is 0 Å². The van der Waals surface area contributed by atoms with E-state index in [1.165, 1.54) is 0 Å². The van der Waals surface area contributed by atoms with Gasteiger partial charge in [-0.15, -0.1) is 0 Å². The van der Waals surface area contributed by atoms with Gasteiger partial charge in [-0.1, -0.05) is 26.7 Å². The zero-order chi connectivity index (χ0) is 16.4. The van der Waals surface area contributed by atoms with Gasteiger partial charge in [-0.2, -0.15) is 4.98 Å². The Morgan fingerprint density at radius 3 is 2.45 bits per heavy atom. The molecule has 0 aliphatic carbocycles. The molecule has 0 spiro atoms. The lowest BCUT2D eigenvalue weighted by Gasteiger charge is -2.20. The van der Waals surface area contributed by atoms with Crippen molar-refractivity contribution in [3.05, 3.63) is 6.20 Å².